The van der Waals surface area contributed by atoms with Crippen LogP contribution < -0.4 is 15.4 Å². The van der Waals surface area contributed by atoms with E-state index in [1.54, 1.807) is 30.1 Å². The molecule has 9 heteroatoms. The monoisotopic (exact) mass is 433 g/mol. The molecule has 0 radical (unpaired) electrons. The Kier molecular flexibility index (Phi) is 7.86. The van der Waals surface area contributed by atoms with Gasteiger partial charge in [0.2, 0.25) is 11.8 Å². The predicted molar refractivity (Wildman–Crippen MR) is 114 cm³/mol. The average molecular weight is 434 g/mol. The molecule has 1 aromatic rings. The van der Waals surface area contributed by atoms with Crippen molar-refractivity contribution in [3.63, 3.8) is 0 Å². The standard InChI is InChI=1S/C22H31N3O6/c1-4-9-23-20(26)11-15-6-7-17-19(31-15)12-30-18-8-5-14(24-21(27)13-29-3)10-16(18)22(28)25(17)2/h5,8,10,15,17,19H,4,6-7,9,11-13H2,1-3H3,(H,23,26)(H,24,27)/t15-,17+,19+/m1/s1. The Hall–Kier alpha value is -2.65. The molecule has 9 nitrogen and oxygen atoms in total. The van der Waals surface area contributed by atoms with Crippen molar-refractivity contribution in [2.24, 2.45) is 0 Å². The summed E-state index contributed by atoms with van der Waals surface area (Å²) >= 11 is 0. The highest BCUT2D eigenvalue weighted by molar-refractivity contribution is 6.00. The predicted octanol–water partition coefficient (Wildman–Crippen LogP) is 1.57. The Morgan fingerprint density at radius 2 is 2.06 bits per heavy atom. The highest BCUT2D eigenvalue weighted by Gasteiger charge is 2.39. The molecule has 1 saturated heterocycles. The second-order valence-corrected chi connectivity index (χ2v) is 7.91. The average Bonchev–Trinajstić information content (AvgIpc) is 2.75. The fourth-order valence-electron chi connectivity index (χ4n) is 3.98. The van der Waals surface area contributed by atoms with Gasteiger partial charge in [-0.25, -0.2) is 0 Å². The third-order valence-electron chi connectivity index (χ3n) is 5.56. The van der Waals surface area contributed by atoms with E-state index in [1.165, 1.54) is 7.11 Å². The Morgan fingerprint density at radius 3 is 2.81 bits per heavy atom. The van der Waals surface area contributed by atoms with Gasteiger partial charge in [0, 0.05) is 26.4 Å². The zero-order valence-corrected chi connectivity index (χ0v) is 18.3. The van der Waals surface area contributed by atoms with E-state index in [9.17, 15) is 14.4 Å². The minimum atomic E-state index is -0.319. The Morgan fingerprint density at radius 1 is 1.26 bits per heavy atom. The zero-order chi connectivity index (χ0) is 22.4. The molecule has 3 rings (SSSR count). The number of ether oxygens (including phenoxy) is 3. The van der Waals surface area contributed by atoms with Gasteiger partial charge in [-0.3, -0.25) is 14.4 Å². The summed E-state index contributed by atoms with van der Waals surface area (Å²) in [5, 5.41) is 5.58. The summed E-state index contributed by atoms with van der Waals surface area (Å²) in [4.78, 5) is 38.7. The highest BCUT2D eigenvalue weighted by Crippen LogP contribution is 2.32. The quantitative estimate of drug-likeness (QED) is 0.676. The first kappa shape index (κ1) is 23.0. The molecular formula is C22H31N3O6. The maximum absolute atomic E-state index is 13.2. The Bertz CT molecular complexity index is 814. The number of rotatable bonds is 7. The number of fused-ring (bicyclic) bond motifs is 2. The molecule has 3 amide bonds. The van der Waals surface area contributed by atoms with Crippen LogP contribution in [0.4, 0.5) is 5.69 Å². The van der Waals surface area contributed by atoms with Crippen LogP contribution in [0.1, 0.15) is 43.0 Å². The van der Waals surface area contributed by atoms with Gasteiger partial charge in [0.05, 0.1) is 24.1 Å². The lowest BCUT2D eigenvalue weighted by molar-refractivity contribution is -0.134. The molecule has 3 atom stereocenters. The topological polar surface area (TPSA) is 106 Å². The molecule has 0 spiro atoms. The van der Waals surface area contributed by atoms with Crippen LogP contribution in [-0.2, 0) is 19.1 Å². The number of nitrogens with zero attached hydrogens (tertiary/aromatic N) is 1. The van der Waals surface area contributed by atoms with Crippen LogP contribution in [-0.4, -0.2) is 74.8 Å². The molecule has 2 N–H and O–H groups in total. The molecule has 0 unspecified atom stereocenters. The van der Waals surface area contributed by atoms with Crippen LogP contribution in [0.2, 0.25) is 0 Å². The fraction of sp³-hybridized carbons (Fsp3) is 0.591. The third kappa shape index (κ3) is 5.74. The van der Waals surface area contributed by atoms with Crippen LogP contribution in [0, 0.1) is 0 Å². The first-order chi connectivity index (χ1) is 14.9. The number of anilines is 1. The van der Waals surface area contributed by atoms with Crippen LogP contribution in [0.5, 0.6) is 5.75 Å². The largest absolute Gasteiger partial charge is 0.490 e. The van der Waals surface area contributed by atoms with Crippen molar-refractivity contribution in [2.75, 3.05) is 39.2 Å². The van der Waals surface area contributed by atoms with Crippen molar-refractivity contribution >= 4 is 23.4 Å². The minimum Gasteiger partial charge on any atom is -0.490 e. The first-order valence-corrected chi connectivity index (χ1v) is 10.7. The lowest BCUT2D eigenvalue weighted by Crippen LogP contribution is -2.54. The van der Waals surface area contributed by atoms with Crippen LogP contribution in [0.15, 0.2) is 18.2 Å². The van der Waals surface area contributed by atoms with E-state index in [1.807, 2.05) is 6.92 Å². The number of amides is 3. The van der Waals surface area contributed by atoms with Crippen molar-refractivity contribution in [1.82, 2.24) is 10.2 Å². The van der Waals surface area contributed by atoms with E-state index in [0.29, 0.717) is 36.4 Å². The summed E-state index contributed by atoms with van der Waals surface area (Å²) in [5.74, 6) is -0.0820. The van der Waals surface area contributed by atoms with Gasteiger partial charge in [-0.1, -0.05) is 6.92 Å². The lowest BCUT2D eigenvalue weighted by atomic mass is 9.94. The molecule has 1 aromatic carbocycles. The number of hydrogen-bond acceptors (Lipinski definition) is 6. The van der Waals surface area contributed by atoms with Crippen molar-refractivity contribution in [3.05, 3.63) is 23.8 Å². The summed E-state index contributed by atoms with van der Waals surface area (Å²) in [5.41, 5.74) is 0.888. The van der Waals surface area contributed by atoms with E-state index in [4.69, 9.17) is 14.2 Å². The van der Waals surface area contributed by atoms with Gasteiger partial charge in [-0.15, -0.1) is 0 Å². The van der Waals surface area contributed by atoms with Crippen LogP contribution in [0.25, 0.3) is 0 Å². The molecule has 31 heavy (non-hydrogen) atoms. The summed E-state index contributed by atoms with van der Waals surface area (Å²) < 4.78 is 16.9. The highest BCUT2D eigenvalue weighted by atomic mass is 16.5. The second kappa shape index (κ2) is 10.6. The van der Waals surface area contributed by atoms with Crippen molar-refractivity contribution < 1.29 is 28.6 Å². The number of carbonyl (C=O) groups excluding carboxylic acids is 3. The number of methoxy groups -OCH3 is 1. The smallest absolute Gasteiger partial charge is 0.257 e. The van der Waals surface area contributed by atoms with Gasteiger partial charge >= 0.3 is 0 Å². The first-order valence-electron chi connectivity index (χ1n) is 10.7. The van der Waals surface area contributed by atoms with Crippen molar-refractivity contribution in [2.45, 2.75) is 50.9 Å². The van der Waals surface area contributed by atoms with E-state index >= 15 is 0 Å². The molecule has 170 valence electrons. The zero-order valence-electron chi connectivity index (χ0n) is 18.3. The molecule has 0 bridgehead atoms. The molecular weight excluding hydrogens is 402 g/mol. The Labute approximate surface area is 182 Å². The van der Waals surface area contributed by atoms with Gasteiger partial charge in [0.25, 0.3) is 5.91 Å². The van der Waals surface area contributed by atoms with Gasteiger partial charge in [0.15, 0.2) is 0 Å². The fourth-order valence-corrected chi connectivity index (χ4v) is 3.98. The minimum absolute atomic E-state index is 0.0186. The van der Waals surface area contributed by atoms with Crippen molar-refractivity contribution in [1.29, 1.82) is 0 Å². The molecule has 1 fully saturated rings. The molecule has 2 heterocycles. The van der Waals surface area contributed by atoms with E-state index < -0.39 is 0 Å². The SMILES string of the molecule is CCCNC(=O)C[C@H]1CC[C@H]2[C@H](COc3ccc(NC(=O)COC)cc3C(=O)N2C)O1. The van der Waals surface area contributed by atoms with Gasteiger partial charge in [-0.2, -0.15) is 0 Å². The van der Waals surface area contributed by atoms with E-state index in [0.717, 1.165) is 12.8 Å². The van der Waals surface area contributed by atoms with Gasteiger partial charge in [0.1, 0.15) is 25.1 Å². The van der Waals surface area contributed by atoms with E-state index in [2.05, 4.69) is 10.6 Å². The lowest BCUT2D eigenvalue weighted by Gasteiger charge is -2.42. The third-order valence-corrected chi connectivity index (χ3v) is 5.56. The normalized spacial score (nSPS) is 23.0. The Balaban J connectivity index is 1.71. The maximum atomic E-state index is 13.2. The molecule has 0 aromatic heterocycles. The number of likely N-dealkylation sites (N-methyl/N-ethyl adjacent to an activating group) is 1. The van der Waals surface area contributed by atoms with Crippen LogP contribution in [0.3, 0.4) is 0 Å². The number of benzene rings is 1. The molecule has 0 saturated carbocycles. The molecule has 0 aliphatic carbocycles. The maximum Gasteiger partial charge on any atom is 0.257 e. The number of hydrogen-bond donors (Lipinski definition) is 2. The molecule has 2 aliphatic heterocycles. The molecule has 2 aliphatic rings. The van der Waals surface area contributed by atoms with Gasteiger partial charge < -0.3 is 29.7 Å². The summed E-state index contributed by atoms with van der Waals surface area (Å²) in [6.07, 6.45) is 2.10. The van der Waals surface area contributed by atoms with E-state index in [-0.39, 0.29) is 49.2 Å². The van der Waals surface area contributed by atoms with Gasteiger partial charge in [-0.05, 0) is 37.5 Å². The summed E-state index contributed by atoms with van der Waals surface area (Å²) in [7, 11) is 3.19. The number of nitrogens with one attached hydrogen (secondary N) is 2. The van der Waals surface area contributed by atoms with Crippen LogP contribution >= 0.6 is 0 Å². The van der Waals surface area contributed by atoms with Crippen molar-refractivity contribution in [3.8, 4) is 5.75 Å². The number of carbonyl (C=O) groups is 3. The summed E-state index contributed by atoms with van der Waals surface area (Å²) in [6, 6.07) is 4.82. The second-order valence-electron chi connectivity index (χ2n) is 7.91. The summed E-state index contributed by atoms with van der Waals surface area (Å²) in [6.45, 7) is 2.87.